The van der Waals surface area contributed by atoms with Crippen molar-refractivity contribution in [3.05, 3.63) is 35.9 Å². The largest absolute Gasteiger partial charge is 0.445 e. The molecule has 2 saturated carbocycles. The lowest BCUT2D eigenvalue weighted by molar-refractivity contribution is 0.0388. The van der Waals surface area contributed by atoms with Gasteiger partial charge in [0.1, 0.15) is 12.1 Å². The molecule has 1 N–H and O–H groups in total. The molecule has 2 aliphatic rings. The zero-order valence-corrected chi connectivity index (χ0v) is 12.2. The Balaban J connectivity index is 1.51. The van der Waals surface area contributed by atoms with E-state index in [1.807, 2.05) is 30.3 Å². The molecule has 2 aliphatic carbocycles. The first-order valence-electron chi connectivity index (χ1n) is 7.62. The molecule has 2 fully saturated rings. The van der Waals surface area contributed by atoms with Crippen LogP contribution in [0.3, 0.4) is 0 Å². The summed E-state index contributed by atoms with van der Waals surface area (Å²) in [6, 6.07) is 9.65. The minimum absolute atomic E-state index is 0.276. The minimum Gasteiger partial charge on any atom is -0.445 e. The maximum Gasteiger partial charge on any atom is 0.408 e. The zero-order chi connectivity index (χ0) is 14.8. The second-order valence-electron chi connectivity index (χ2n) is 6.47. The number of hydrogen-bond acceptors (Lipinski definition) is 2. The highest BCUT2D eigenvalue weighted by molar-refractivity contribution is 5.69. The summed E-state index contributed by atoms with van der Waals surface area (Å²) in [5.74, 6) is 2.78. The van der Waals surface area contributed by atoms with Crippen LogP contribution >= 0.6 is 0 Å². The lowest BCUT2D eigenvalue weighted by Gasteiger charge is -2.52. The summed E-state index contributed by atoms with van der Waals surface area (Å²) in [7, 11) is 0. The van der Waals surface area contributed by atoms with Gasteiger partial charge in [0.25, 0.3) is 0 Å². The highest BCUT2D eigenvalue weighted by atomic mass is 16.5. The first kappa shape index (κ1) is 14.0. The highest BCUT2D eigenvalue weighted by Crippen LogP contribution is 2.57. The van der Waals surface area contributed by atoms with Crippen molar-refractivity contribution in [3.8, 4) is 12.3 Å². The molecule has 0 heterocycles. The molecule has 1 amide bonds. The Kier molecular flexibility index (Phi) is 3.63. The van der Waals surface area contributed by atoms with Crippen LogP contribution < -0.4 is 5.32 Å². The van der Waals surface area contributed by atoms with Gasteiger partial charge in [-0.15, -0.1) is 6.42 Å². The molecule has 0 saturated heterocycles. The third kappa shape index (κ3) is 2.90. The Morgan fingerprint density at radius 2 is 1.90 bits per heavy atom. The Labute approximate surface area is 126 Å². The fraction of sp³-hybridized carbons (Fsp3) is 0.500. The van der Waals surface area contributed by atoms with Crippen LogP contribution in [0.2, 0.25) is 0 Å². The molecule has 0 bridgehead atoms. The summed E-state index contributed by atoms with van der Waals surface area (Å²) in [5, 5.41) is 2.90. The summed E-state index contributed by atoms with van der Waals surface area (Å²) in [4.78, 5) is 12.0. The molecule has 3 heteroatoms. The molecule has 1 aromatic rings. The average Bonchev–Trinajstić information content (AvgIpc) is 2.94. The maximum atomic E-state index is 12.0. The van der Waals surface area contributed by atoms with Crippen LogP contribution in [-0.2, 0) is 11.3 Å². The molecule has 3 rings (SSSR count). The van der Waals surface area contributed by atoms with Crippen LogP contribution in [0.1, 0.15) is 44.1 Å². The standard InChI is InChI=1S/C18H21NO2/c1-2-18(13-17(14-18)10-6-7-11-17)19-16(20)21-12-15-8-4-3-5-9-15/h1,3-5,8-9H,6-7,10-14H2,(H,19,20). The molecular weight excluding hydrogens is 262 g/mol. The predicted molar refractivity (Wildman–Crippen MR) is 81.5 cm³/mol. The number of hydrogen-bond donors (Lipinski definition) is 1. The van der Waals surface area contributed by atoms with Gasteiger partial charge in [-0.2, -0.15) is 0 Å². The number of terminal acetylenes is 1. The molecule has 0 radical (unpaired) electrons. The van der Waals surface area contributed by atoms with Crippen molar-refractivity contribution in [2.24, 2.45) is 5.41 Å². The number of alkyl carbamates (subject to hydrolysis) is 1. The van der Waals surface area contributed by atoms with Gasteiger partial charge >= 0.3 is 6.09 Å². The third-order valence-corrected chi connectivity index (χ3v) is 4.85. The Morgan fingerprint density at radius 3 is 2.52 bits per heavy atom. The van der Waals surface area contributed by atoms with Crippen LogP contribution in [-0.4, -0.2) is 11.6 Å². The molecule has 0 aliphatic heterocycles. The lowest BCUT2D eigenvalue weighted by Crippen LogP contribution is -2.60. The quantitative estimate of drug-likeness (QED) is 0.860. The molecule has 0 atom stereocenters. The summed E-state index contributed by atoms with van der Waals surface area (Å²) >= 11 is 0. The fourth-order valence-electron chi connectivity index (χ4n) is 3.89. The van der Waals surface area contributed by atoms with E-state index in [0.717, 1.165) is 18.4 Å². The van der Waals surface area contributed by atoms with Gasteiger partial charge in [0.15, 0.2) is 0 Å². The van der Waals surface area contributed by atoms with Gasteiger partial charge in [0.05, 0.1) is 0 Å². The second-order valence-corrected chi connectivity index (χ2v) is 6.47. The normalized spacial score (nSPS) is 21.3. The maximum absolute atomic E-state index is 12.0. The Morgan fingerprint density at radius 1 is 1.24 bits per heavy atom. The van der Waals surface area contributed by atoms with Gasteiger partial charge in [-0.1, -0.05) is 49.1 Å². The molecular formula is C18H21NO2. The Hall–Kier alpha value is -1.95. The van der Waals surface area contributed by atoms with Crippen LogP contribution in [0.15, 0.2) is 30.3 Å². The highest BCUT2D eigenvalue weighted by Gasteiger charge is 2.55. The van der Waals surface area contributed by atoms with Gasteiger partial charge in [0, 0.05) is 0 Å². The van der Waals surface area contributed by atoms with E-state index in [-0.39, 0.29) is 6.61 Å². The molecule has 0 unspecified atom stereocenters. The van der Waals surface area contributed by atoms with Crippen LogP contribution in [0.4, 0.5) is 4.79 Å². The third-order valence-electron chi connectivity index (χ3n) is 4.85. The summed E-state index contributed by atoms with van der Waals surface area (Å²) in [6.07, 6.45) is 12.1. The number of ether oxygens (including phenoxy) is 1. The molecule has 3 nitrogen and oxygen atoms in total. The van der Waals surface area contributed by atoms with E-state index in [9.17, 15) is 4.79 Å². The van der Waals surface area contributed by atoms with E-state index < -0.39 is 11.6 Å². The monoisotopic (exact) mass is 283 g/mol. The zero-order valence-electron chi connectivity index (χ0n) is 12.2. The van der Waals surface area contributed by atoms with E-state index >= 15 is 0 Å². The van der Waals surface area contributed by atoms with Crippen LogP contribution in [0.5, 0.6) is 0 Å². The first-order chi connectivity index (χ1) is 10.2. The van der Waals surface area contributed by atoms with Gasteiger partial charge < -0.3 is 10.1 Å². The predicted octanol–water partition coefficient (Wildman–Crippen LogP) is 3.64. The van der Waals surface area contributed by atoms with Crippen LogP contribution in [0.25, 0.3) is 0 Å². The Bertz CT molecular complexity index is 544. The van der Waals surface area contributed by atoms with Crippen molar-refractivity contribution in [1.82, 2.24) is 5.32 Å². The number of benzene rings is 1. The average molecular weight is 283 g/mol. The van der Waals surface area contributed by atoms with Gasteiger partial charge in [-0.3, -0.25) is 0 Å². The summed E-state index contributed by atoms with van der Waals surface area (Å²) < 4.78 is 5.27. The van der Waals surface area contributed by atoms with Crippen molar-refractivity contribution in [2.75, 3.05) is 0 Å². The van der Waals surface area contributed by atoms with Crippen molar-refractivity contribution < 1.29 is 9.53 Å². The number of nitrogens with one attached hydrogen (secondary N) is 1. The van der Waals surface area contributed by atoms with Gasteiger partial charge in [-0.25, -0.2) is 4.79 Å². The molecule has 1 spiro atoms. The van der Waals surface area contributed by atoms with Crippen molar-refractivity contribution in [1.29, 1.82) is 0 Å². The molecule has 21 heavy (non-hydrogen) atoms. The van der Waals surface area contributed by atoms with Crippen molar-refractivity contribution in [2.45, 2.75) is 50.7 Å². The molecule has 110 valence electrons. The number of carbonyl (C=O) groups excluding carboxylic acids is 1. The van der Waals surface area contributed by atoms with E-state index in [0.29, 0.717) is 5.41 Å². The lowest BCUT2D eigenvalue weighted by atomic mass is 9.56. The molecule has 1 aromatic carbocycles. The smallest absolute Gasteiger partial charge is 0.408 e. The number of rotatable bonds is 3. The molecule has 0 aromatic heterocycles. The van der Waals surface area contributed by atoms with Gasteiger partial charge in [0.2, 0.25) is 0 Å². The summed E-state index contributed by atoms with van der Waals surface area (Å²) in [5.41, 5.74) is 0.875. The summed E-state index contributed by atoms with van der Waals surface area (Å²) in [6.45, 7) is 0.276. The van der Waals surface area contributed by atoms with E-state index in [2.05, 4.69) is 11.2 Å². The van der Waals surface area contributed by atoms with Crippen molar-refractivity contribution >= 4 is 6.09 Å². The van der Waals surface area contributed by atoms with Gasteiger partial charge in [-0.05, 0) is 36.7 Å². The topological polar surface area (TPSA) is 38.3 Å². The minimum atomic E-state index is -0.488. The SMILES string of the molecule is C#CC1(NC(=O)OCc2ccccc2)CC2(CCCC2)C1. The van der Waals surface area contributed by atoms with E-state index in [1.54, 1.807) is 0 Å². The second kappa shape index (κ2) is 5.44. The first-order valence-corrected chi connectivity index (χ1v) is 7.62. The van der Waals surface area contributed by atoms with Crippen molar-refractivity contribution in [3.63, 3.8) is 0 Å². The van der Waals surface area contributed by atoms with Crippen LogP contribution in [0, 0.1) is 17.8 Å². The van der Waals surface area contributed by atoms with E-state index in [1.165, 1.54) is 25.7 Å². The number of carbonyl (C=O) groups is 1. The number of amides is 1. The fourth-order valence-corrected chi connectivity index (χ4v) is 3.89. The van der Waals surface area contributed by atoms with E-state index in [4.69, 9.17) is 11.2 Å².